The quantitative estimate of drug-likeness (QED) is 0.709. The van der Waals surface area contributed by atoms with Crippen LogP contribution in [0.25, 0.3) is 0 Å². The maximum atomic E-state index is 11.7. The molecule has 0 fully saturated rings. The number of carbonyl (C=O) groups excluding carboxylic acids is 2. The summed E-state index contributed by atoms with van der Waals surface area (Å²) in [6.45, 7) is 7.97. The minimum Gasteiger partial charge on any atom is -0.296 e. The summed E-state index contributed by atoms with van der Waals surface area (Å²) in [7, 11) is 0. The summed E-state index contributed by atoms with van der Waals surface area (Å²) in [5.41, 5.74) is 0. The van der Waals surface area contributed by atoms with E-state index in [4.69, 9.17) is 0 Å². The first-order valence-corrected chi connectivity index (χ1v) is 6.87. The van der Waals surface area contributed by atoms with Gasteiger partial charge in [0.25, 0.3) is 0 Å². The SMILES string of the molecule is CCCCC(C)C(=O)NC(=O)C(C)CCCC. The summed E-state index contributed by atoms with van der Waals surface area (Å²) in [4.78, 5) is 23.4. The largest absolute Gasteiger partial charge is 0.296 e. The molecule has 0 aromatic carbocycles. The van der Waals surface area contributed by atoms with Gasteiger partial charge in [-0.1, -0.05) is 53.4 Å². The zero-order valence-electron chi connectivity index (χ0n) is 11.7. The first-order chi connectivity index (χ1) is 8.02. The van der Waals surface area contributed by atoms with Crippen LogP contribution in [0.5, 0.6) is 0 Å². The molecule has 0 aliphatic heterocycles. The van der Waals surface area contributed by atoms with E-state index in [1.165, 1.54) is 0 Å². The van der Waals surface area contributed by atoms with Gasteiger partial charge in [0.15, 0.2) is 0 Å². The number of imide groups is 1. The third-order valence-corrected chi connectivity index (χ3v) is 3.12. The van der Waals surface area contributed by atoms with Gasteiger partial charge in [-0.2, -0.15) is 0 Å². The minimum atomic E-state index is -0.119. The zero-order chi connectivity index (χ0) is 13.3. The van der Waals surface area contributed by atoms with Gasteiger partial charge in [0.2, 0.25) is 11.8 Å². The van der Waals surface area contributed by atoms with Crippen molar-refractivity contribution in [2.75, 3.05) is 0 Å². The molecular formula is C14H27NO2. The Kier molecular flexibility index (Phi) is 8.73. The van der Waals surface area contributed by atoms with Crippen LogP contribution in [-0.2, 0) is 9.59 Å². The molecule has 3 heteroatoms. The van der Waals surface area contributed by atoms with Crippen LogP contribution in [0.1, 0.15) is 66.2 Å². The average molecular weight is 241 g/mol. The van der Waals surface area contributed by atoms with Gasteiger partial charge in [0, 0.05) is 11.8 Å². The second-order valence-electron chi connectivity index (χ2n) is 4.94. The monoisotopic (exact) mass is 241 g/mol. The number of unbranched alkanes of at least 4 members (excludes halogenated alkanes) is 2. The number of hydrogen-bond donors (Lipinski definition) is 1. The maximum absolute atomic E-state index is 11.7. The Balaban J connectivity index is 3.97. The molecule has 3 nitrogen and oxygen atoms in total. The highest BCUT2D eigenvalue weighted by Gasteiger charge is 2.18. The lowest BCUT2D eigenvalue weighted by Crippen LogP contribution is -2.37. The van der Waals surface area contributed by atoms with Crippen LogP contribution >= 0.6 is 0 Å². The third kappa shape index (κ3) is 7.14. The van der Waals surface area contributed by atoms with Crippen LogP contribution in [0.2, 0.25) is 0 Å². The van der Waals surface area contributed by atoms with Crippen molar-refractivity contribution >= 4 is 11.8 Å². The Labute approximate surface area is 105 Å². The molecule has 0 aromatic heterocycles. The second-order valence-corrected chi connectivity index (χ2v) is 4.94. The smallest absolute Gasteiger partial charge is 0.229 e. The van der Waals surface area contributed by atoms with E-state index in [1.807, 2.05) is 13.8 Å². The van der Waals surface area contributed by atoms with Crippen molar-refractivity contribution in [2.45, 2.75) is 66.2 Å². The molecule has 0 aromatic rings. The van der Waals surface area contributed by atoms with Gasteiger partial charge in [-0.15, -0.1) is 0 Å². The van der Waals surface area contributed by atoms with E-state index in [1.54, 1.807) is 0 Å². The van der Waals surface area contributed by atoms with Crippen LogP contribution in [0.3, 0.4) is 0 Å². The Morgan fingerprint density at radius 2 is 1.24 bits per heavy atom. The third-order valence-electron chi connectivity index (χ3n) is 3.12. The summed E-state index contributed by atoms with van der Waals surface area (Å²) < 4.78 is 0. The highest BCUT2D eigenvalue weighted by molar-refractivity contribution is 5.96. The number of amides is 2. The van der Waals surface area contributed by atoms with Gasteiger partial charge in [-0.25, -0.2) is 0 Å². The lowest BCUT2D eigenvalue weighted by molar-refractivity contribution is -0.134. The summed E-state index contributed by atoms with van der Waals surface area (Å²) in [5, 5.41) is 2.52. The summed E-state index contributed by atoms with van der Waals surface area (Å²) in [6.07, 6.45) is 5.96. The fraction of sp³-hybridized carbons (Fsp3) is 0.857. The predicted molar refractivity (Wildman–Crippen MR) is 70.5 cm³/mol. The molecule has 0 aliphatic rings. The lowest BCUT2D eigenvalue weighted by atomic mass is 10.0. The topological polar surface area (TPSA) is 46.2 Å². The molecule has 0 bridgehead atoms. The number of hydrogen-bond acceptors (Lipinski definition) is 2. The van der Waals surface area contributed by atoms with E-state index in [0.717, 1.165) is 38.5 Å². The van der Waals surface area contributed by atoms with Crippen molar-refractivity contribution in [3.8, 4) is 0 Å². The van der Waals surface area contributed by atoms with Crippen molar-refractivity contribution < 1.29 is 9.59 Å². The van der Waals surface area contributed by atoms with Crippen LogP contribution < -0.4 is 5.32 Å². The predicted octanol–water partition coefficient (Wildman–Crippen LogP) is 3.28. The molecule has 0 radical (unpaired) electrons. The Morgan fingerprint density at radius 1 is 0.882 bits per heavy atom. The minimum absolute atomic E-state index is 0.0581. The summed E-state index contributed by atoms with van der Waals surface area (Å²) >= 11 is 0. The zero-order valence-corrected chi connectivity index (χ0v) is 11.7. The Hall–Kier alpha value is -0.860. The first-order valence-electron chi connectivity index (χ1n) is 6.87. The van der Waals surface area contributed by atoms with Gasteiger partial charge in [0.1, 0.15) is 0 Å². The van der Waals surface area contributed by atoms with Crippen molar-refractivity contribution in [1.29, 1.82) is 0 Å². The molecule has 0 spiro atoms. The van der Waals surface area contributed by atoms with E-state index in [0.29, 0.717) is 0 Å². The lowest BCUT2D eigenvalue weighted by Gasteiger charge is -2.14. The molecule has 0 heterocycles. The molecule has 2 amide bonds. The van der Waals surface area contributed by atoms with E-state index < -0.39 is 0 Å². The molecule has 1 N–H and O–H groups in total. The van der Waals surface area contributed by atoms with Crippen LogP contribution in [0, 0.1) is 11.8 Å². The van der Waals surface area contributed by atoms with Crippen molar-refractivity contribution in [2.24, 2.45) is 11.8 Å². The van der Waals surface area contributed by atoms with Gasteiger partial charge < -0.3 is 0 Å². The summed E-state index contributed by atoms with van der Waals surface area (Å²) in [5.74, 6) is -0.354. The van der Waals surface area contributed by atoms with Gasteiger partial charge in [-0.3, -0.25) is 14.9 Å². The van der Waals surface area contributed by atoms with Crippen molar-refractivity contribution in [3.63, 3.8) is 0 Å². The van der Waals surface area contributed by atoms with Crippen molar-refractivity contribution in [1.82, 2.24) is 5.32 Å². The molecule has 0 aliphatic carbocycles. The molecule has 100 valence electrons. The first kappa shape index (κ1) is 16.1. The Bertz CT molecular complexity index is 214. The van der Waals surface area contributed by atoms with Gasteiger partial charge in [0.05, 0.1) is 0 Å². The standard InChI is InChI=1S/C14H27NO2/c1-5-7-9-11(3)13(16)15-14(17)12(4)10-8-6-2/h11-12H,5-10H2,1-4H3,(H,15,16,17). The second kappa shape index (κ2) is 9.20. The van der Waals surface area contributed by atoms with Gasteiger partial charge >= 0.3 is 0 Å². The average Bonchev–Trinajstić information content (AvgIpc) is 2.32. The van der Waals surface area contributed by atoms with E-state index in [9.17, 15) is 9.59 Å². The number of carbonyl (C=O) groups is 2. The highest BCUT2D eigenvalue weighted by Crippen LogP contribution is 2.10. The van der Waals surface area contributed by atoms with Crippen LogP contribution in [0.4, 0.5) is 0 Å². The van der Waals surface area contributed by atoms with E-state index in [-0.39, 0.29) is 23.7 Å². The van der Waals surface area contributed by atoms with Gasteiger partial charge in [-0.05, 0) is 12.8 Å². The molecule has 0 saturated carbocycles. The highest BCUT2D eigenvalue weighted by atomic mass is 16.2. The van der Waals surface area contributed by atoms with Crippen molar-refractivity contribution in [3.05, 3.63) is 0 Å². The number of rotatable bonds is 8. The molecule has 2 atom stereocenters. The molecular weight excluding hydrogens is 214 g/mol. The van der Waals surface area contributed by atoms with Crippen LogP contribution in [0.15, 0.2) is 0 Å². The van der Waals surface area contributed by atoms with Crippen LogP contribution in [-0.4, -0.2) is 11.8 Å². The molecule has 0 rings (SSSR count). The number of nitrogens with one attached hydrogen (secondary N) is 1. The fourth-order valence-electron chi connectivity index (χ4n) is 1.65. The summed E-state index contributed by atoms with van der Waals surface area (Å²) in [6, 6.07) is 0. The van der Waals surface area contributed by atoms with E-state index in [2.05, 4.69) is 19.2 Å². The normalized spacial score (nSPS) is 14.1. The molecule has 2 unspecified atom stereocenters. The fourth-order valence-corrected chi connectivity index (χ4v) is 1.65. The maximum Gasteiger partial charge on any atom is 0.229 e. The molecule has 17 heavy (non-hydrogen) atoms. The van der Waals surface area contributed by atoms with E-state index >= 15 is 0 Å². The molecule has 0 saturated heterocycles. The Morgan fingerprint density at radius 3 is 1.53 bits per heavy atom.